The molecule has 0 aliphatic heterocycles. The lowest BCUT2D eigenvalue weighted by Crippen LogP contribution is -2.23. The quantitative estimate of drug-likeness (QED) is 0.803. The summed E-state index contributed by atoms with van der Waals surface area (Å²) in [6.07, 6.45) is 1.09. The lowest BCUT2D eigenvalue weighted by molar-refractivity contribution is -0.139. The number of tetrazole rings is 1. The third-order valence-electron chi connectivity index (χ3n) is 2.30. The number of aliphatic carboxylic acids is 1. The van der Waals surface area contributed by atoms with Gasteiger partial charge in [-0.2, -0.15) is 0 Å². The van der Waals surface area contributed by atoms with Gasteiger partial charge in [0.05, 0.1) is 29.5 Å². The molecule has 0 aromatic carbocycles. The Kier molecular flexibility index (Phi) is 3.95. The van der Waals surface area contributed by atoms with Crippen LogP contribution in [0.3, 0.4) is 0 Å². The van der Waals surface area contributed by atoms with Crippen LogP contribution in [0, 0.1) is 0 Å². The summed E-state index contributed by atoms with van der Waals surface area (Å²) in [5.74, 6) is -0.362. The van der Waals surface area contributed by atoms with E-state index >= 15 is 0 Å². The van der Waals surface area contributed by atoms with Crippen LogP contribution in [-0.4, -0.2) is 49.5 Å². The molecule has 2 aromatic heterocycles. The smallest absolute Gasteiger partial charge is 0.306 e. The van der Waals surface area contributed by atoms with Gasteiger partial charge in [-0.3, -0.25) is 9.78 Å². The number of aromatic nitrogens is 5. The average molecular weight is 269 g/mol. The molecule has 8 nitrogen and oxygen atoms in total. The van der Waals surface area contributed by atoms with Crippen LogP contribution in [0.5, 0.6) is 0 Å². The van der Waals surface area contributed by atoms with Gasteiger partial charge in [0.1, 0.15) is 0 Å². The molecule has 2 aromatic rings. The maximum absolute atomic E-state index is 10.7. The minimum Gasteiger partial charge on any atom is -0.481 e. The summed E-state index contributed by atoms with van der Waals surface area (Å²) in [4.78, 5) is 15.4. The van der Waals surface area contributed by atoms with Crippen LogP contribution in [0.15, 0.2) is 11.7 Å². The molecule has 2 rings (SSSR count). The van der Waals surface area contributed by atoms with Gasteiger partial charge in [0.25, 0.3) is 0 Å². The van der Waals surface area contributed by atoms with Crippen molar-refractivity contribution in [2.24, 2.45) is 0 Å². The van der Waals surface area contributed by atoms with E-state index in [1.165, 1.54) is 23.1 Å². The molecule has 2 heterocycles. The summed E-state index contributed by atoms with van der Waals surface area (Å²) in [6.45, 7) is 0.281. The number of rotatable bonds is 6. The summed E-state index contributed by atoms with van der Waals surface area (Å²) < 4.78 is 6.62. The molecule has 0 fully saturated rings. The van der Waals surface area contributed by atoms with Gasteiger partial charge in [0.2, 0.25) is 0 Å². The highest BCUT2D eigenvalue weighted by molar-refractivity contribution is 7.13. The molecular formula is C9H11N5O3S. The van der Waals surface area contributed by atoms with Gasteiger partial charge in [-0.25, -0.2) is 4.68 Å². The zero-order chi connectivity index (χ0) is 13.0. The normalized spacial score (nSPS) is 12.5. The second-order valence-electron chi connectivity index (χ2n) is 3.51. The van der Waals surface area contributed by atoms with Crippen molar-refractivity contribution in [1.82, 2.24) is 25.2 Å². The largest absolute Gasteiger partial charge is 0.481 e. The molecule has 0 bridgehead atoms. The van der Waals surface area contributed by atoms with Gasteiger partial charge in [0.15, 0.2) is 5.82 Å². The van der Waals surface area contributed by atoms with Crippen LogP contribution in [0.2, 0.25) is 0 Å². The molecule has 0 aliphatic carbocycles. The van der Waals surface area contributed by atoms with E-state index in [2.05, 4.69) is 20.5 Å². The van der Waals surface area contributed by atoms with Crippen LogP contribution in [-0.2, 0) is 16.1 Å². The Balaban J connectivity index is 2.14. The highest BCUT2D eigenvalue weighted by atomic mass is 32.1. The average Bonchev–Trinajstić information content (AvgIpc) is 2.96. The van der Waals surface area contributed by atoms with Gasteiger partial charge in [-0.15, -0.1) is 16.4 Å². The van der Waals surface area contributed by atoms with E-state index in [1.54, 1.807) is 11.7 Å². The predicted octanol–water partition coefficient (Wildman–Crippen LogP) is 0.286. The first kappa shape index (κ1) is 12.6. The number of ether oxygens (including phenoxy) is 1. The lowest BCUT2D eigenvalue weighted by Gasteiger charge is -2.12. The summed E-state index contributed by atoms with van der Waals surface area (Å²) >= 11 is 1.41. The van der Waals surface area contributed by atoms with E-state index in [0.29, 0.717) is 5.82 Å². The Morgan fingerprint density at radius 1 is 1.67 bits per heavy atom. The molecule has 0 aliphatic rings. The van der Waals surface area contributed by atoms with E-state index in [1.807, 2.05) is 0 Å². The Bertz CT molecular complexity index is 512. The molecule has 18 heavy (non-hydrogen) atoms. The molecule has 1 unspecified atom stereocenters. The minimum absolute atomic E-state index is 0.0987. The van der Waals surface area contributed by atoms with Crippen molar-refractivity contribution in [2.75, 3.05) is 7.11 Å². The number of carbonyl (C=O) groups is 1. The fraction of sp³-hybridized carbons (Fsp3) is 0.444. The first-order valence-corrected chi connectivity index (χ1v) is 5.98. The van der Waals surface area contributed by atoms with E-state index in [9.17, 15) is 4.79 Å². The highest BCUT2D eigenvalue weighted by Gasteiger charge is 2.17. The van der Waals surface area contributed by atoms with Crippen molar-refractivity contribution in [1.29, 1.82) is 0 Å². The standard InChI is InChI=1S/C9H11N5O3S/c1-17-6(2-8(15)16)4-14-9(11-12-13-14)7-3-10-5-18-7/h3,5-6H,2,4H2,1H3,(H,15,16). The van der Waals surface area contributed by atoms with E-state index < -0.39 is 12.1 Å². The van der Waals surface area contributed by atoms with Crippen molar-refractivity contribution in [2.45, 2.75) is 19.1 Å². The van der Waals surface area contributed by atoms with E-state index in [4.69, 9.17) is 9.84 Å². The second-order valence-corrected chi connectivity index (χ2v) is 4.39. The fourth-order valence-corrected chi connectivity index (χ4v) is 2.05. The fourth-order valence-electron chi connectivity index (χ4n) is 1.44. The Hall–Kier alpha value is -1.87. The zero-order valence-electron chi connectivity index (χ0n) is 9.55. The van der Waals surface area contributed by atoms with Gasteiger partial charge >= 0.3 is 5.97 Å². The molecule has 9 heteroatoms. The maximum atomic E-state index is 10.7. The number of hydrogen-bond donors (Lipinski definition) is 1. The summed E-state index contributed by atoms with van der Waals surface area (Å²) in [6, 6.07) is 0. The van der Waals surface area contributed by atoms with Gasteiger partial charge in [0, 0.05) is 13.3 Å². The molecule has 0 radical (unpaired) electrons. The van der Waals surface area contributed by atoms with Crippen LogP contribution in [0.1, 0.15) is 6.42 Å². The second kappa shape index (κ2) is 5.65. The minimum atomic E-state index is -0.922. The molecule has 0 amide bonds. The summed E-state index contributed by atoms with van der Waals surface area (Å²) in [5.41, 5.74) is 1.68. The van der Waals surface area contributed by atoms with Gasteiger partial charge < -0.3 is 9.84 Å². The van der Waals surface area contributed by atoms with Crippen LogP contribution in [0.25, 0.3) is 10.7 Å². The third-order valence-corrected chi connectivity index (χ3v) is 3.07. The number of thiazole rings is 1. The number of methoxy groups -OCH3 is 1. The number of carboxylic acid groups (broad SMARTS) is 1. The lowest BCUT2D eigenvalue weighted by atomic mass is 10.2. The zero-order valence-corrected chi connectivity index (χ0v) is 10.4. The van der Waals surface area contributed by atoms with E-state index in [-0.39, 0.29) is 13.0 Å². The molecule has 96 valence electrons. The monoisotopic (exact) mass is 269 g/mol. The molecule has 0 saturated carbocycles. The van der Waals surface area contributed by atoms with E-state index in [0.717, 1.165) is 4.88 Å². The van der Waals surface area contributed by atoms with Crippen molar-refractivity contribution in [3.05, 3.63) is 11.7 Å². The van der Waals surface area contributed by atoms with Crippen molar-refractivity contribution in [3.63, 3.8) is 0 Å². The molecule has 1 N–H and O–H groups in total. The SMILES string of the molecule is COC(CC(=O)O)Cn1nnnc1-c1cncs1. The van der Waals surface area contributed by atoms with Crippen LogP contribution < -0.4 is 0 Å². The number of nitrogens with zero attached hydrogens (tertiary/aromatic N) is 5. The molecule has 0 spiro atoms. The Morgan fingerprint density at radius 2 is 2.50 bits per heavy atom. The van der Waals surface area contributed by atoms with Crippen LogP contribution >= 0.6 is 11.3 Å². The molecule has 1 atom stereocenters. The van der Waals surface area contributed by atoms with Crippen molar-refractivity contribution < 1.29 is 14.6 Å². The van der Waals surface area contributed by atoms with Gasteiger partial charge in [-0.1, -0.05) is 0 Å². The first-order valence-electron chi connectivity index (χ1n) is 5.10. The predicted molar refractivity (Wildman–Crippen MR) is 62.0 cm³/mol. The molecular weight excluding hydrogens is 258 g/mol. The Labute approximate surface area is 106 Å². The molecule has 0 saturated heterocycles. The first-order chi connectivity index (χ1) is 8.70. The topological polar surface area (TPSA) is 103 Å². The maximum Gasteiger partial charge on any atom is 0.306 e. The summed E-state index contributed by atoms with van der Waals surface area (Å²) in [7, 11) is 1.46. The Morgan fingerprint density at radius 3 is 3.11 bits per heavy atom. The third kappa shape index (κ3) is 2.87. The summed E-state index contributed by atoms with van der Waals surface area (Å²) in [5, 5.41) is 20.1. The van der Waals surface area contributed by atoms with Gasteiger partial charge in [-0.05, 0) is 10.4 Å². The van der Waals surface area contributed by atoms with Crippen molar-refractivity contribution in [3.8, 4) is 10.7 Å². The highest BCUT2D eigenvalue weighted by Crippen LogP contribution is 2.20. The number of hydrogen-bond acceptors (Lipinski definition) is 7. The number of carboxylic acids is 1. The van der Waals surface area contributed by atoms with Crippen LogP contribution in [0.4, 0.5) is 0 Å². The van der Waals surface area contributed by atoms with Crippen molar-refractivity contribution >= 4 is 17.3 Å².